The molecular weight excluding hydrogens is 292 g/mol. The van der Waals surface area contributed by atoms with Crippen molar-refractivity contribution in [2.75, 3.05) is 5.32 Å². The standard InChI is InChI=1S/C18H16N2O3/c1-11-7-9-12(10-8-11)19-17(22)15-16(21)13-5-3-4-6-14(13)20(2)18(15)23/h3-10,21H,1-2H3,(H,19,22). The number of aromatic nitrogens is 1. The third-order valence-electron chi connectivity index (χ3n) is 3.81. The number of anilines is 1. The van der Waals surface area contributed by atoms with E-state index in [4.69, 9.17) is 0 Å². The van der Waals surface area contributed by atoms with Crippen molar-refractivity contribution >= 4 is 22.5 Å². The molecule has 0 bridgehead atoms. The van der Waals surface area contributed by atoms with E-state index in [9.17, 15) is 14.7 Å². The van der Waals surface area contributed by atoms with Crippen LogP contribution in [0.5, 0.6) is 5.75 Å². The fourth-order valence-corrected chi connectivity index (χ4v) is 2.51. The molecular formula is C18H16N2O3. The fraction of sp³-hybridized carbons (Fsp3) is 0.111. The van der Waals surface area contributed by atoms with Gasteiger partial charge in [0.25, 0.3) is 11.5 Å². The molecule has 3 rings (SSSR count). The Bertz CT molecular complexity index is 956. The smallest absolute Gasteiger partial charge is 0.267 e. The molecule has 0 spiro atoms. The Hall–Kier alpha value is -3.08. The van der Waals surface area contributed by atoms with Gasteiger partial charge in [0, 0.05) is 18.1 Å². The number of benzene rings is 2. The van der Waals surface area contributed by atoms with E-state index >= 15 is 0 Å². The Morgan fingerprint density at radius 3 is 2.43 bits per heavy atom. The number of aryl methyl sites for hydroxylation is 2. The zero-order valence-electron chi connectivity index (χ0n) is 12.8. The second-order valence-corrected chi connectivity index (χ2v) is 5.43. The summed E-state index contributed by atoms with van der Waals surface area (Å²) in [5.74, 6) is -0.925. The molecule has 0 aliphatic heterocycles. The molecule has 1 heterocycles. The maximum atomic E-state index is 12.5. The third kappa shape index (κ3) is 2.57. The quantitative estimate of drug-likeness (QED) is 0.764. The Balaban J connectivity index is 2.10. The molecule has 5 heteroatoms. The van der Waals surface area contributed by atoms with E-state index in [0.29, 0.717) is 16.6 Å². The summed E-state index contributed by atoms with van der Waals surface area (Å²) >= 11 is 0. The predicted molar refractivity (Wildman–Crippen MR) is 90.0 cm³/mol. The fourth-order valence-electron chi connectivity index (χ4n) is 2.51. The molecule has 116 valence electrons. The number of aromatic hydroxyl groups is 1. The average Bonchev–Trinajstić information content (AvgIpc) is 2.55. The number of hydrogen-bond acceptors (Lipinski definition) is 3. The van der Waals surface area contributed by atoms with Gasteiger partial charge in [0.15, 0.2) is 0 Å². The van der Waals surface area contributed by atoms with Crippen LogP contribution in [0.2, 0.25) is 0 Å². The van der Waals surface area contributed by atoms with Gasteiger partial charge in [-0.25, -0.2) is 0 Å². The Morgan fingerprint density at radius 2 is 1.74 bits per heavy atom. The summed E-state index contributed by atoms with van der Waals surface area (Å²) in [6.45, 7) is 1.94. The molecule has 0 radical (unpaired) electrons. The maximum Gasteiger partial charge on any atom is 0.267 e. The zero-order chi connectivity index (χ0) is 16.6. The molecule has 0 aliphatic rings. The van der Waals surface area contributed by atoms with Crippen molar-refractivity contribution in [2.24, 2.45) is 7.05 Å². The van der Waals surface area contributed by atoms with Crippen LogP contribution in [0.1, 0.15) is 15.9 Å². The van der Waals surface area contributed by atoms with E-state index in [2.05, 4.69) is 5.32 Å². The van der Waals surface area contributed by atoms with Crippen molar-refractivity contribution in [3.8, 4) is 5.75 Å². The Labute approximate surface area is 132 Å². The zero-order valence-corrected chi connectivity index (χ0v) is 12.8. The molecule has 0 saturated carbocycles. The van der Waals surface area contributed by atoms with Crippen LogP contribution < -0.4 is 10.9 Å². The summed E-state index contributed by atoms with van der Waals surface area (Å²) in [6, 6.07) is 14.1. The summed E-state index contributed by atoms with van der Waals surface area (Å²) in [6.07, 6.45) is 0. The highest BCUT2D eigenvalue weighted by atomic mass is 16.3. The summed E-state index contributed by atoms with van der Waals surface area (Å²) in [4.78, 5) is 24.9. The lowest BCUT2D eigenvalue weighted by Gasteiger charge is -2.12. The normalized spacial score (nSPS) is 10.7. The lowest BCUT2D eigenvalue weighted by molar-refractivity contribution is 0.102. The highest BCUT2D eigenvalue weighted by Crippen LogP contribution is 2.26. The predicted octanol–water partition coefficient (Wildman–Crippen LogP) is 2.80. The lowest BCUT2D eigenvalue weighted by Crippen LogP contribution is -2.28. The minimum absolute atomic E-state index is 0.258. The first-order chi connectivity index (χ1) is 11.0. The van der Waals surface area contributed by atoms with Crippen LogP contribution in [0.3, 0.4) is 0 Å². The summed E-state index contributed by atoms with van der Waals surface area (Å²) < 4.78 is 1.36. The molecule has 2 aromatic carbocycles. The van der Waals surface area contributed by atoms with Gasteiger partial charge in [-0.1, -0.05) is 29.8 Å². The van der Waals surface area contributed by atoms with E-state index in [1.54, 1.807) is 43.4 Å². The van der Waals surface area contributed by atoms with E-state index in [1.807, 2.05) is 19.1 Å². The van der Waals surface area contributed by atoms with Crippen molar-refractivity contribution in [3.05, 3.63) is 70.0 Å². The second-order valence-electron chi connectivity index (χ2n) is 5.43. The van der Waals surface area contributed by atoms with Crippen molar-refractivity contribution in [2.45, 2.75) is 6.92 Å². The first-order valence-corrected chi connectivity index (χ1v) is 7.17. The van der Waals surface area contributed by atoms with Crippen LogP contribution in [-0.4, -0.2) is 15.6 Å². The van der Waals surface area contributed by atoms with Crippen molar-refractivity contribution in [1.82, 2.24) is 4.57 Å². The van der Waals surface area contributed by atoms with Gasteiger partial charge < -0.3 is 15.0 Å². The van der Waals surface area contributed by atoms with Crippen LogP contribution in [-0.2, 0) is 7.05 Å². The van der Waals surface area contributed by atoms with Gasteiger partial charge in [0.1, 0.15) is 11.3 Å². The number of carbonyl (C=O) groups is 1. The van der Waals surface area contributed by atoms with Gasteiger partial charge in [-0.05, 0) is 31.2 Å². The van der Waals surface area contributed by atoms with E-state index in [-0.39, 0.29) is 11.3 Å². The number of carbonyl (C=O) groups excluding carboxylic acids is 1. The largest absolute Gasteiger partial charge is 0.506 e. The Kier molecular flexibility index (Phi) is 3.62. The summed E-state index contributed by atoms with van der Waals surface area (Å²) in [5, 5.41) is 13.5. The van der Waals surface area contributed by atoms with Gasteiger partial charge in [0.2, 0.25) is 0 Å². The summed E-state index contributed by atoms with van der Waals surface area (Å²) in [7, 11) is 1.58. The molecule has 1 amide bonds. The second kappa shape index (κ2) is 5.61. The van der Waals surface area contributed by atoms with Gasteiger partial charge in [-0.2, -0.15) is 0 Å². The highest BCUT2D eigenvalue weighted by molar-refractivity contribution is 6.09. The maximum absolute atomic E-state index is 12.5. The molecule has 0 unspecified atom stereocenters. The van der Waals surface area contributed by atoms with E-state index in [1.165, 1.54) is 4.57 Å². The third-order valence-corrected chi connectivity index (χ3v) is 3.81. The number of rotatable bonds is 2. The van der Waals surface area contributed by atoms with Crippen molar-refractivity contribution in [1.29, 1.82) is 0 Å². The van der Waals surface area contributed by atoms with Crippen LogP contribution in [0, 0.1) is 6.92 Å². The minimum atomic E-state index is -0.627. The highest BCUT2D eigenvalue weighted by Gasteiger charge is 2.20. The molecule has 3 aromatic rings. The number of fused-ring (bicyclic) bond motifs is 1. The SMILES string of the molecule is Cc1ccc(NC(=O)c2c(O)c3ccccc3n(C)c2=O)cc1. The Morgan fingerprint density at radius 1 is 1.09 bits per heavy atom. The van der Waals surface area contributed by atoms with Gasteiger partial charge in [-0.15, -0.1) is 0 Å². The molecule has 2 N–H and O–H groups in total. The minimum Gasteiger partial charge on any atom is -0.506 e. The van der Waals surface area contributed by atoms with Crippen LogP contribution >= 0.6 is 0 Å². The van der Waals surface area contributed by atoms with Crippen LogP contribution in [0.15, 0.2) is 53.3 Å². The first-order valence-electron chi connectivity index (χ1n) is 7.17. The molecule has 0 atom stereocenters. The molecule has 5 nitrogen and oxygen atoms in total. The molecule has 1 aromatic heterocycles. The van der Waals surface area contributed by atoms with Crippen LogP contribution in [0.4, 0.5) is 5.69 Å². The number of hydrogen-bond donors (Lipinski definition) is 2. The number of nitrogens with zero attached hydrogens (tertiary/aromatic N) is 1. The molecule has 0 aliphatic carbocycles. The van der Waals surface area contributed by atoms with Gasteiger partial charge in [0.05, 0.1) is 5.52 Å². The van der Waals surface area contributed by atoms with Gasteiger partial charge >= 0.3 is 0 Å². The molecule has 23 heavy (non-hydrogen) atoms. The number of amides is 1. The van der Waals surface area contributed by atoms with Crippen molar-refractivity contribution < 1.29 is 9.90 Å². The number of para-hydroxylation sites is 1. The first kappa shape index (κ1) is 14.8. The number of pyridine rings is 1. The lowest BCUT2D eigenvalue weighted by atomic mass is 10.1. The monoisotopic (exact) mass is 308 g/mol. The van der Waals surface area contributed by atoms with Crippen molar-refractivity contribution in [3.63, 3.8) is 0 Å². The molecule has 0 fully saturated rings. The summed E-state index contributed by atoms with van der Waals surface area (Å²) in [5.41, 5.74) is 1.40. The van der Waals surface area contributed by atoms with E-state index < -0.39 is 11.5 Å². The average molecular weight is 308 g/mol. The van der Waals surface area contributed by atoms with E-state index in [0.717, 1.165) is 5.56 Å². The molecule has 0 saturated heterocycles. The van der Waals surface area contributed by atoms with Crippen LogP contribution in [0.25, 0.3) is 10.9 Å². The number of nitrogens with one attached hydrogen (secondary N) is 1. The van der Waals surface area contributed by atoms with Gasteiger partial charge in [-0.3, -0.25) is 9.59 Å². The topological polar surface area (TPSA) is 71.3 Å².